The fraction of sp³-hybridized carbons (Fsp3) is 0.444. The van der Waals surface area contributed by atoms with E-state index in [0.29, 0.717) is 17.5 Å². The lowest BCUT2D eigenvalue weighted by Crippen LogP contribution is -2.58. The number of alkyl halides is 1. The molecule has 1 unspecified atom stereocenters. The highest BCUT2D eigenvalue weighted by Gasteiger charge is 2.77. The smallest absolute Gasteiger partial charge is 0.313 e. The minimum absolute atomic E-state index is 0.0159. The standard InChI is InChI=1S/C36H41BrN6O7/c1-4-6-16-28(45)38-19-27(23-12-8-7-9-13-23)49-35(48)29-30-33(46)43(22(3)20-44)32(36(30)18-24(37)31(29)50-36)34(47)41(17-5-2)21-42-26-15-11-10-14-25(26)39-40-42/h4-5,7-15,22,24,27,29-32,44H,1-2,6,16-21H2,3H3,(H,38,45)/t22-,24?,27-,29+,30-,31+,32+,36-/m1/s1. The molecule has 4 heterocycles. The number of aromatic nitrogens is 3. The molecule has 50 heavy (non-hydrogen) atoms. The van der Waals surface area contributed by atoms with Crippen LogP contribution in [-0.2, 0) is 35.3 Å². The van der Waals surface area contributed by atoms with Crippen molar-refractivity contribution < 1.29 is 33.8 Å². The minimum atomic E-state index is -1.38. The molecule has 3 aromatic rings. The van der Waals surface area contributed by atoms with E-state index in [1.54, 1.807) is 35.9 Å². The van der Waals surface area contributed by atoms with Crippen LogP contribution in [0.2, 0.25) is 0 Å². The zero-order valence-corrected chi connectivity index (χ0v) is 29.4. The van der Waals surface area contributed by atoms with Crippen LogP contribution in [0.1, 0.15) is 37.9 Å². The molecule has 264 valence electrons. The number of hydrogen-bond acceptors (Lipinski definition) is 9. The normalized spacial score (nSPS) is 26.3. The van der Waals surface area contributed by atoms with E-state index in [1.807, 2.05) is 42.5 Å². The number of aliphatic hydroxyl groups is 1. The fourth-order valence-corrected chi connectivity index (χ4v) is 8.49. The highest BCUT2D eigenvalue weighted by Crippen LogP contribution is 2.61. The van der Waals surface area contributed by atoms with Gasteiger partial charge in [-0.05, 0) is 37.5 Å². The summed E-state index contributed by atoms with van der Waals surface area (Å²) in [6.45, 7) is 8.92. The number of nitrogens with one attached hydrogen (secondary N) is 1. The number of carbonyl (C=O) groups is 4. The van der Waals surface area contributed by atoms with Crippen molar-refractivity contribution in [2.45, 2.75) is 67.6 Å². The Morgan fingerprint density at radius 1 is 1.18 bits per heavy atom. The Bertz CT molecular complexity index is 1770. The van der Waals surface area contributed by atoms with Crippen molar-refractivity contribution in [2.24, 2.45) is 11.8 Å². The molecule has 1 spiro atoms. The van der Waals surface area contributed by atoms with Gasteiger partial charge in [-0.1, -0.05) is 75.8 Å². The lowest BCUT2D eigenvalue weighted by atomic mass is 9.70. The fourth-order valence-electron chi connectivity index (χ4n) is 7.55. The van der Waals surface area contributed by atoms with Crippen molar-refractivity contribution in [3.05, 3.63) is 85.5 Å². The Balaban J connectivity index is 1.31. The number of halogens is 1. The number of esters is 1. The topological polar surface area (TPSA) is 156 Å². The molecule has 2 aromatic carbocycles. The number of ether oxygens (including phenoxy) is 2. The Kier molecular flexibility index (Phi) is 10.5. The van der Waals surface area contributed by atoms with E-state index >= 15 is 0 Å². The summed E-state index contributed by atoms with van der Waals surface area (Å²) in [6, 6.07) is 14.5. The zero-order valence-electron chi connectivity index (χ0n) is 27.8. The van der Waals surface area contributed by atoms with E-state index in [9.17, 15) is 24.3 Å². The maximum atomic E-state index is 14.8. The van der Waals surface area contributed by atoms with E-state index in [4.69, 9.17) is 9.47 Å². The van der Waals surface area contributed by atoms with Gasteiger partial charge in [-0.3, -0.25) is 19.2 Å². The van der Waals surface area contributed by atoms with E-state index in [-0.39, 0.29) is 43.3 Å². The van der Waals surface area contributed by atoms with Crippen molar-refractivity contribution in [1.82, 2.24) is 30.1 Å². The van der Waals surface area contributed by atoms with Gasteiger partial charge in [-0.2, -0.15) is 0 Å². The van der Waals surface area contributed by atoms with Crippen LogP contribution in [0.25, 0.3) is 11.0 Å². The van der Waals surface area contributed by atoms with Crippen molar-refractivity contribution in [1.29, 1.82) is 0 Å². The van der Waals surface area contributed by atoms with Crippen molar-refractivity contribution in [3.63, 3.8) is 0 Å². The number of aliphatic hydroxyl groups excluding tert-OH is 1. The third-order valence-corrected chi connectivity index (χ3v) is 10.7. The molecule has 3 amide bonds. The summed E-state index contributed by atoms with van der Waals surface area (Å²) in [5.41, 5.74) is 0.668. The largest absolute Gasteiger partial charge is 0.455 e. The number of nitrogens with zero attached hydrogens (tertiary/aromatic N) is 5. The van der Waals surface area contributed by atoms with Crippen LogP contribution in [0.5, 0.6) is 0 Å². The average Bonchev–Trinajstić information content (AvgIpc) is 3.85. The summed E-state index contributed by atoms with van der Waals surface area (Å²) in [7, 11) is 0. The Hall–Kier alpha value is -4.40. The zero-order chi connectivity index (χ0) is 35.6. The van der Waals surface area contributed by atoms with Gasteiger partial charge in [-0.15, -0.1) is 18.3 Å². The summed E-state index contributed by atoms with van der Waals surface area (Å²) in [5.74, 6) is -3.88. The average molecular weight is 750 g/mol. The first-order valence-corrected chi connectivity index (χ1v) is 17.6. The number of carbonyl (C=O) groups excluding carboxylic acids is 4. The number of para-hydroxylation sites is 1. The molecule has 14 heteroatoms. The summed E-state index contributed by atoms with van der Waals surface area (Å²) in [6.07, 6.45) is 2.66. The Morgan fingerprint density at radius 3 is 2.64 bits per heavy atom. The van der Waals surface area contributed by atoms with Gasteiger partial charge in [0, 0.05) is 17.8 Å². The van der Waals surface area contributed by atoms with Crippen molar-refractivity contribution in [2.75, 3.05) is 19.7 Å². The molecule has 3 aliphatic rings. The number of rotatable bonds is 15. The monoisotopic (exact) mass is 748 g/mol. The molecule has 0 aliphatic carbocycles. The number of benzene rings is 2. The number of amides is 3. The lowest BCUT2D eigenvalue weighted by molar-refractivity contribution is -0.161. The second-order valence-electron chi connectivity index (χ2n) is 13.0. The molecule has 1 aromatic heterocycles. The van der Waals surface area contributed by atoms with Crippen molar-refractivity contribution in [3.8, 4) is 0 Å². The van der Waals surface area contributed by atoms with E-state index in [2.05, 4.69) is 44.7 Å². The summed E-state index contributed by atoms with van der Waals surface area (Å²) in [4.78, 5) is 58.5. The maximum Gasteiger partial charge on any atom is 0.313 e. The maximum absolute atomic E-state index is 14.8. The molecule has 6 rings (SSSR count). The molecular formula is C36H41BrN6O7. The number of likely N-dealkylation sites (tertiary alicyclic amines) is 1. The van der Waals surface area contributed by atoms with Crippen LogP contribution in [-0.4, -0.2) is 102 Å². The van der Waals surface area contributed by atoms with Gasteiger partial charge in [0.2, 0.25) is 17.7 Å². The summed E-state index contributed by atoms with van der Waals surface area (Å²) >= 11 is 3.69. The number of hydrogen-bond donors (Lipinski definition) is 2. The first-order chi connectivity index (χ1) is 24.1. The Morgan fingerprint density at radius 2 is 1.92 bits per heavy atom. The highest BCUT2D eigenvalue weighted by molar-refractivity contribution is 9.09. The third-order valence-electron chi connectivity index (χ3n) is 9.85. The van der Waals surface area contributed by atoms with Crippen LogP contribution in [0.3, 0.4) is 0 Å². The molecule has 3 fully saturated rings. The summed E-state index contributed by atoms with van der Waals surface area (Å²) in [5, 5.41) is 21.6. The molecule has 3 aliphatic heterocycles. The van der Waals surface area contributed by atoms with E-state index in [0.717, 1.165) is 5.52 Å². The predicted octanol–water partition coefficient (Wildman–Crippen LogP) is 2.90. The molecule has 3 saturated heterocycles. The predicted molar refractivity (Wildman–Crippen MR) is 186 cm³/mol. The number of allylic oxidation sites excluding steroid dienone is 1. The van der Waals surface area contributed by atoms with E-state index < -0.39 is 66.1 Å². The van der Waals surface area contributed by atoms with Crippen LogP contribution < -0.4 is 5.32 Å². The third kappa shape index (κ3) is 6.35. The van der Waals surface area contributed by atoms with Gasteiger partial charge >= 0.3 is 5.97 Å². The quantitative estimate of drug-likeness (QED) is 0.136. The molecule has 0 radical (unpaired) electrons. The first kappa shape index (κ1) is 35.4. The van der Waals surface area contributed by atoms with Gasteiger partial charge in [0.1, 0.15) is 29.9 Å². The van der Waals surface area contributed by atoms with Gasteiger partial charge in [0.15, 0.2) is 0 Å². The lowest BCUT2D eigenvalue weighted by Gasteiger charge is -2.38. The summed E-state index contributed by atoms with van der Waals surface area (Å²) < 4.78 is 14.4. The SMILES string of the molecule is C=CCCC(=O)NC[C@@H](OC(=O)[C@@H]1[C@H]2O[C@@]3(CC2Br)[C@H](C(=O)N(CC=C)Cn2nnc4ccccc42)N([C@H](C)CO)C(=O)[C@@H]13)c1ccccc1. The van der Waals surface area contributed by atoms with Gasteiger partial charge < -0.3 is 29.7 Å². The second-order valence-corrected chi connectivity index (χ2v) is 14.2. The van der Waals surface area contributed by atoms with E-state index in [1.165, 1.54) is 9.80 Å². The second kappa shape index (κ2) is 14.8. The molecule has 8 atom stereocenters. The van der Waals surface area contributed by atoms with Crippen LogP contribution >= 0.6 is 15.9 Å². The van der Waals surface area contributed by atoms with Gasteiger partial charge in [0.05, 0.1) is 42.6 Å². The number of fused-ring (bicyclic) bond motifs is 2. The van der Waals surface area contributed by atoms with Crippen LogP contribution in [0, 0.1) is 11.8 Å². The molecular weight excluding hydrogens is 708 g/mol. The highest BCUT2D eigenvalue weighted by atomic mass is 79.9. The Labute approximate surface area is 298 Å². The van der Waals surface area contributed by atoms with Crippen LogP contribution in [0.15, 0.2) is 79.9 Å². The molecule has 2 N–H and O–H groups in total. The van der Waals surface area contributed by atoms with Gasteiger partial charge in [0.25, 0.3) is 0 Å². The van der Waals surface area contributed by atoms with Gasteiger partial charge in [-0.25, -0.2) is 4.68 Å². The molecule has 2 bridgehead atoms. The minimum Gasteiger partial charge on any atom is -0.455 e. The first-order valence-electron chi connectivity index (χ1n) is 16.7. The molecule has 0 saturated carbocycles. The van der Waals surface area contributed by atoms with Crippen molar-refractivity contribution >= 4 is 50.7 Å². The molecule has 13 nitrogen and oxygen atoms in total. The van der Waals surface area contributed by atoms with Crippen LogP contribution in [0.4, 0.5) is 0 Å².